The minimum atomic E-state index is -1.02. The Labute approximate surface area is 178 Å². The molecular weight excluding hydrogens is 428 g/mol. The van der Waals surface area contributed by atoms with E-state index < -0.39 is 11.8 Å². The molecule has 1 aromatic heterocycles. The van der Waals surface area contributed by atoms with Crippen LogP contribution < -0.4 is 9.47 Å². The van der Waals surface area contributed by atoms with Crippen LogP contribution in [0.1, 0.15) is 15.9 Å². The fourth-order valence-corrected chi connectivity index (χ4v) is 4.51. The summed E-state index contributed by atoms with van der Waals surface area (Å²) in [5.74, 6) is -0.653. The lowest BCUT2D eigenvalue weighted by molar-refractivity contribution is 0.0695. The minimum absolute atomic E-state index is 0.113. The van der Waals surface area contributed by atoms with Crippen LogP contribution in [0.5, 0.6) is 17.1 Å². The van der Waals surface area contributed by atoms with Crippen molar-refractivity contribution in [3.05, 3.63) is 70.5 Å². The first-order valence-corrected chi connectivity index (χ1v) is 10.3. The summed E-state index contributed by atoms with van der Waals surface area (Å²) in [4.78, 5) is 15.8. The van der Waals surface area contributed by atoms with Gasteiger partial charge in [-0.3, -0.25) is 0 Å². The lowest BCUT2D eigenvalue weighted by atomic mass is 10.0. The third-order valence-electron chi connectivity index (χ3n) is 4.67. The Hall–Kier alpha value is -3.08. The van der Waals surface area contributed by atoms with Gasteiger partial charge in [-0.2, -0.15) is 0 Å². The maximum atomic E-state index is 14.5. The predicted molar refractivity (Wildman–Crippen MR) is 116 cm³/mol. The van der Waals surface area contributed by atoms with E-state index in [9.17, 15) is 14.3 Å². The number of aryl methyl sites for hydroxylation is 1. The molecule has 1 unspecified atom stereocenters. The van der Waals surface area contributed by atoms with Crippen molar-refractivity contribution < 1.29 is 23.8 Å². The zero-order valence-corrected chi connectivity index (χ0v) is 17.7. The van der Waals surface area contributed by atoms with Gasteiger partial charge in [0.1, 0.15) is 17.3 Å². The molecule has 0 aliphatic rings. The molecule has 0 bridgehead atoms. The number of aromatic nitrogens is 1. The number of hydrogen-bond acceptors (Lipinski definition) is 4. The third kappa shape index (κ3) is 3.84. The minimum Gasteiger partial charge on any atom is -0.497 e. The second-order valence-electron chi connectivity index (χ2n) is 6.62. The Morgan fingerprint density at radius 1 is 1.10 bits per heavy atom. The predicted octanol–water partition coefficient (Wildman–Crippen LogP) is 6.53. The van der Waals surface area contributed by atoms with Crippen molar-refractivity contribution in [2.45, 2.75) is 6.92 Å². The highest BCUT2D eigenvalue weighted by Crippen LogP contribution is 2.41. The number of hydrogen-bond donors (Lipinski definition) is 1. The SMILES string of the molecule is COc1ccc(-c2cc3nc(Oc4ccc(C)c(C(=O)O)c4)[pH]c3cc2Cl)c(F)c1. The van der Waals surface area contributed by atoms with Crippen LogP contribution >= 0.6 is 19.8 Å². The zero-order valence-electron chi connectivity index (χ0n) is 16.0. The van der Waals surface area contributed by atoms with E-state index in [1.807, 2.05) is 0 Å². The standard InChI is InChI=1S/C22H16ClFNO4P/c1-11-3-4-13(7-15(11)21(26)27)29-22-25-19-9-16(17(23)10-20(19)30-22)14-6-5-12(28-2)8-18(14)24/h3-10,30H,1-2H3,(H,26,27). The molecule has 3 aromatic carbocycles. The lowest BCUT2D eigenvalue weighted by Gasteiger charge is -2.08. The van der Waals surface area contributed by atoms with E-state index in [0.29, 0.717) is 44.3 Å². The number of benzene rings is 3. The molecule has 0 spiro atoms. The Morgan fingerprint density at radius 3 is 2.57 bits per heavy atom. The van der Waals surface area contributed by atoms with Gasteiger partial charge >= 0.3 is 5.97 Å². The zero-order chi connectivity index (χ0) is 21.4. The summed E-state index contributed by atoms with van der Waals surface area (Å²) in [6.07, 6.45) is 0. The van der Waals surface area contributed by atoms with Crippen LogP contribution in [0.25, 0.3) is 21.8 Å². The van der Waals surface area contributed by atoms with Crippen LogP contribution in [0.15, 0.2) is 48.5 Å². The van der Waals surface area contributed by atoms with Crippen LogP contribution in [0, 0.1) is 12.7 Å². The lowest BCUT2D eigenvalue weighted by Crippen LogP contribution is -1.99. The maximum Gasteiger partial charge on any atom is 0.336 e. The van der Waals surface area contributed by atoms with Gasteiger partial charge in [-0.05, 0) is 48.9 Å². The van der Waals surface area contributed by atoms with E-state index in [4.69, 9.17) is 21.1 Å². The first-order valence-electron chi connectivity index (χ1n) is 8.90. The molecule has 4 rings (SSSR count). The Bertz CT molecular complexity index is 1290. The van der Waals surface area contributed by atoms with Crippen LogP contribution in [0.4, 0.5) is 4.39 Å². The average Bonchev–Trinajstić information content (AvgIpc) is 3.09. The molecule has 30 heavy (non-hydrogen) atoms. The Morgan fingerprint density at radius 2 is 1.87 bits per heavy atom. The van der Waals surface area contributed by atoms with E-state index >= 15 is 0 Å². The van der Waals surface area contributed by atoms with Crippen LogP contribution in [-0.4, -0.2) is 23.2 Å². The second kappa shape index (κ2) is 7.98. The molecule has 1 heterocycles. The molecule has 0 amide bonds. The number of carboxylic acid groups (broad SMARTS) is 1. The molecule has 0 saturated heterocycles. The smallest absolute Gasteiger partial charge is 0.336 e. The quantitative estimate of drug-likeness (QED) is 0.379. The molecule has 152 valence electrons. The number of nitrogens with zero attached hydrogens (tertiary/aromatic N) is 1. The number of fused-ring (bicyclic) bond motifs is 1. The molecule has 0 aliphatic carbocycles. The van der Waals surface area contributed by atoms with E-state index in [2.05, 4.69) is 4.98 Å². The normalized spacial score (nSPS) is 11.2. The maximum absolute atomic E-state index is 14.5. The van der Waals surface area contributed by atoms with E-state index in [-0.39, 0.29) is 13.8 Å². The Balaban J connectivity index is 1.70. The summed E-state index contributed by atoms with van der Waals surface area (Å²) in [5.41, 5.74) is 2.77. The molecule has 0 fully saturated rings. The van der Waals surface area contributed by atoms with Gasteiger partial charge in [0.05, 0.1) is 18.2 Å². The number of aromatic carboxylic acids is 1. The van der Waals surface area contributed by atoms with Crippen molar-refractivity contribution in [2.24, 2.45) is 0 Å². The second-order valence-corrected chi connectivity index (χ2v) is 8.24. The van der Waals surface area contributed by atoms with Crippen molar-refractivity contribution in [3.8, 4) is 28.2 Å². The molecule has 8 heteroatoms. The van der Waals surface area contributed by atoms with Crippen molar-refractivity contribution in [2.75, 3.05) is 7.11 Å². The van der Waals surface area contributed by atoms with Gasteiger partial charge < -0.3 is 14.6 Å². The van der Waals surface area contributed by atoms with Crippen molar-refractivity contribution in [1.82, 2.24) is 4.98 Å². The number of carboxylic acids is 1. The molecule has 0 aliphatic heterocycles. The van der Waals surface area contributed by atoms with E-state index in [1.165, 1.54) is 19.2 Å². The van der Waals surface area contributed by atoms with Gasteiger partial charge in [-0.1, -0.05) is 25.9 Å². The highest BCUT2D eigenvalue weighted by molar-refractivity contribution is 7.39. The number of methoxy groups -OCH3 is 1. The van der Waals surface area contributed by atoms with Crippen LogP contribution in [-0.2, 0) is 0 Å². The Kier molecular flexibility index (Phi) is 5.37. The number of carbonyl (C=O) groups is 1. The largest absolute Gasteiger partial charge is 0.497 e. The molecule has 1 atom stereocenters. The molecule has 1 N–H and O–H groups in total. The molecule has 4 aromatic rings. The molecular formula is C22H16ClFNO4P. The molecule has 5 nitrogen and oxygen atoms in total. The summed E-state index contributed by atoms with van der Waals surface area (Å²) >= 11 is 6.42. The third-order valence-corrected chi connectivity index (χ3v) is 6.08. The number of halogens is 2. The molecule has 0 radical (unpaired) electrons. The summed E-state index contributed by atoms with van der Waals surface area (Å²) in [6.45, 7) is 1.72. The first kappa shape index (κ1) is 20.2. The topological polar surface area (TPSA) is 68.7 Å². The highest BCUT2D eigenvalue weighted by atomic mass is 35.5. The number of rotatable bonds is 5. The first-order chi connectivity index (χ1) is 14.4. The van der Waals surface area contributed by atoms with Gasteiger partial charge in [0.25, 0.3) is 0 Å². The average molecular weight is 444 g/mol. The van der Waals surface area contributed by atoms with Gasteiger partial charge in [-0.25, -0.2) is 14.2 Å². The number of ether oxygens (including phenoxy) is 2. The fourth-order valence-electron chi connectivity index (χ4n) is 3.11. The summed E-state index contributed by atoms with van der Waals surface area (Å²) in [6, 6.07) is 12.9. The van der Waals surface area contributed by atoms with Crippen LogP contribution in [0.2, 0.25) is 5.02 Å². The monoisotopic (exact) mass is 443 g/mol. The van der Waals surface area contributed by atoms with Gasteiger partial charge in [0.15, 0.2) is 0 Å². The fraction of sp³-hybridized carbons (Fsp3) is 0.0909. The molecule has 0 saturated carbocycles. The van der Waals surface area contributed by atoms with Gasteiger partial charge in [0.2, 0.25) is 5.61 Å². The summed E-state index contributed by atoms with van der Waals surface area (Å²) < 4.78 is 25.4. The van der Waals surface area contributed by atoms with Crippen molar-refractivity contribution in [3.63, 3.8) is 0 Å². The van der Waals surface area contributed by atoms with Crippen molar-refractivity contribution >= 4 is 36.4 Å². The van der Waals surface area contributed by atoms with Crippen LogP contribution in [0.3, 0.4) is 0 Å². The summed E-state index contributed by atoms with van der Waals surface area (Å²) in [7, 11) is 1.59. The van der Waals surface area contributed by atoms with Crippen molar-refractivity contribution in [1.29, 1.82) is 0 Å². The highest BCUT2D eigenvalue weighted by Gasteiger charge is 2.15. The summed E-state index contributed by atoms with van der Waals surface area (Å²) in [5, 5.41) is 10.6. The van der Waals surface area contributed by atoms with Gasteiger partial charge in [0, 0.05) is 27.3 Å². The van der Waals surface area contributed by atoms with Gasteiger partial charge in [-0.15, -0.1) is 0 Å². The van der Waals surface area contributed by atoms with E-state index in [1.54, 1.807) is 43.3 Å². The van der Waals surface area contributed by atoms with E-state index in [0.717, 1.165) is 5.12 Å².